The van der Waals surface area contributed by atoms with Crippen LogP contribution in [0.4, 0.5) is 11.4 Å². The summed E-state index contributed by atoms with van der Waals surface area (Å²) in [6, 6.07) is 10.5. The Morgan fingerprint density at radius 1 is 1.25 bits per heavy atom. The van der Waals surface area contributed by atoms with E-state index in [4.69, 9.17) is 11.6 Å². The number of halogens is 1. The minimum Gasteiger partial charge on any atom is -0.501 e. The number of rotatable bonds is 3. The van der Waals surface area contributed by atoms with Crippen LogP contribution in [0, 0.1) is 10.1 Å². The molecule has 2 aromatic rings. The molecule has 1 amide bonds. The van der Waals surface area contributed by atoms with E-state index in [-0.39, 0.29) is 10.7 Å². The predicted molar refractivity (Wildman–Crippen MR) is 74.2 cm³/mol. The van der Waals surface area contributed by atoms with Gasteiger partial charge in [0.25, 0.3) is 5.91 Å². The van der Waals surface area contributed by atoms with Gasteiger partial charge in [-0.1, -0.05) is 29.8 Å². The van der Waals surface area contributed by atoms with Crippen molar-refractivity contribution < 1.29 is 14.8 Å². The number of aromatic hydroxyl groups is 1. The molecule has 20 heavy (non-hydrogen) atoms. The maximum atomic E-state index is 11.9. The van der Waals surface area contributed by atoms with Gasteiger partial charge in [0.05, 0.1) is 10.6 Å². The molecule has 0 saturated carbocycles. The molecule has 6 nitrogen and oxygen atoms in total. The number of carbonyl (C=O) groups is 1. The molecule has 2 rings (SSSR count). The third kappa shape index (κ3) is 2.86. The fourth-order valence-electron chi connectivity index (χ4n) is 1.60. The predicted octanol–water partition coefficient (Wildman–Crippen LogP) is 3.21. The van der Waals surface area contributed by atoms with Crippen molar-refractivity contribution in [2.75, 3.05) is 5.32 Å². The van der Waals surface area contributed by atoms with Gasteiger partial charge in [-0.15, -0.1) is 0 Å². The summed E-state index contributed by atoms with van der Waals surface area (Å²) >= 11 is 5.73. The zero-order valence-corrected chi connectivity index (χ0v) is 10.8. The third-order valence-electron chi connectivity index (χ3n) is 2.54. The second kappa shape index (κ2) is 5.58. The molecular formula is C13H9ClN2O4. The van der Waals surface area contributed by atoms with Gasteiger partial charge < -0.3 is 10.4 Å². The molecule has 0 spiro atoms. The van der Waals surface area contributed by atoms with Gasteiger partial charge >= 0.3 is 5.69 Å². The van der Waals surface area contributed by atoms with Gasteiger partial charge in [0.2, 0.25) is 5.75 Å². The fraction of sp³-hybridized carbons (Fsp3) is 0. The van der Waals surface area contributed by atoms with Crippen molar-refractivity contribution in [1.29, 1.82) is 0 Å². The van der Waals surface area contributed by atoms with Crippen molar-refractivity contribution in [3.8, 4) is 5.75 Å². The summed E-state index contributed by atoms with van der Waals surface area (Å²) in [6.07, 6.45) is 0. The van der Waals surface area contributed by atoms with E-state index in [2.05, 4.69) is 5.32 Å². The highest BCUT2D eigenvalue weighted by Gasteiger charge is 2.20. The lowest BCUT2D eigenvalue weighted by Gasteiger charge is -2.08. The molecule has 2 aromatic carbocycles. The van der Waals surface area contributed by atoms with Gasteiger partial charge in [0.15, 0.2) is 0 Å². The molecule has 2 N–H and O–H groups in total. The Labute approximate surface area is 118 Å². The monoisotopic (exact) mass is 292 g/mol. The number of hydrogen-bond acceptors (Lipinski definition) is 4. The van der Waals surface area contributed by atoms with Crippen LogP contribution in [0.3, 0.4) is 0 Å². The maximum Gasteiger partial charge on any atom is 0.314 e. The summed E-state index contributed by atoms with van der Waals surface area (Å²) < 4.78 is 0. The maximum absolute atomic E-state index is 11.9. The number of phenolic OH excluding ortho intramolecular Hbond substituents is 1. The summed E-state index contributed by atoms with van der Waals surface area (Å²) in [5.74, 6) is -1.14. The van der Waals surface area contributed by atoms with E-state index in [0.717, 1.165) is 6.07 Å². The summed E-state index contributed by atoms with van der Waals surface area (Å²) in [5, 5.41) is 22.9. The van der Waals surface area contributed by atoms with E-state index in [1.54, 1.807) is 30.3 Å². The molecular weight excluding hydrogens is 284 g/mol. The van der Waals surface area contributed by atoms with Crippen LogP contribution < -0.4 is 5.32 Å². The largest absolute Gasteiger partial charge is 0.501 e. The van der Waals surface area contributed by atoms with E-state index < -0.39 is 22.3 Å². The number of nitro benzene ring substituents is 1. The van der Waals surface area contributed by atoms with Crippen LogP contribution in [0.25, 0.3) is 0 Å². The average Bonchev–Trinajstić information content (AvgIpc) is 2.43. The first-order valence-electron chi connectivity index (χ1n) is 5.52. The molecule has 0 aliphatic rings. The van der Waals surface area contributed by atoms with Crippen LogP contribution in [0.1, 0.15) is 10.4 Å². The van der Waals surface area contributed by atoms with Crippen LogP contribution >= 0.6 is 11.6 Å². The number of benzene rings is 2. The molecule has 0 radical (unpaired) electrons. The Balaban J connectivity index is 2.35. The normalized spacial score (nSPS) is 10.1. The summed E-state index contributed by atoms with van der Waals surface area (Å²) in [4.78, 5) is 21.9. The molecule has 0 aliphatic carbocycles. The number of phenols is 1. The molecule has 0 saturated heterocycles. The highest BCUT2D eigenvalue weighted by Crippen LogP contribution is 2.37. The topological polar surface area (TPSA) is 92.5 Å². The molecule has 0 atom stereocenters. The van der Waals surface area contributed by atoms with Gasteiger partial charge in [0.1, 0.15) is 0 Å². The van der Waals surface area contributed by atoms with Gasteiger partial charge in [0, 0.05) is 16.7 Å². The molecule has 102 valence electrons. The van der Waals surface area contributed by atoms with Crippen molar-refractivity contribution in [1.82, 2.24) is 0 Å². The number of nitrogens with zero attached hydrogens (tertiary/aromatic N) is 1. The van der Waals surface area contributed by atoms with Crippen molar-refractivity contribution in [3.05, 3.63) is 63.2 Å². The van der Waals surface area contributed by atoms with Gasteiger partial charge in [-0.2, -0.15) is 0 Å². The minimum absolute atomic E-state index is 0.0397. The Kier molecular flexibility index (Phi) is 3.86. The lowest BCUT2D eigenvalue weighted by Crippen LogP contribution is -2.12. The van der Waals surface area contributed by atoms with Gasteiger partial charge in [-0.3, -0.25) is 14.9 Å². The SMILES string of the molecule is O=C(Nc1cc(Cl)cc([N+](=O)[O-])c1O)c1ccccc1. The Hall–Kier alpha value is -2.60. The van der Waals surface area contributed by atoms with Crippen LogP contribution in [0.5, 0.6) is 5.75 Å². The highest BCUT2D eigenvalue weighted by molar-refractivity contribution is 6.31. The van der Waals surface area contributed by atoms with Crippen molar-refractivity contribution in [2.24, 2.45) is 0 Å². The first kappa shape index (κ1) is 13.8. The zero-order chi connectivity index (χ0) is 14.7. The Morgan fingerprint density at radius 3 is 2.50 bits per heavy atom. The lowest BCUT2D eigenvalue weighted by molar-refractivity contribution is -0.385. The number of carbonyl (C=O) groups excluding carboxylic acids is 1. The first-order valence-corrected chi connectivity index (χ1v) is 5.90. The molecule has 0 fully saturated rings. The Bertz CT molecular complexity index is 674. The second-order valence-electron chi connectivity index (χ2n) is 3.90. The highest BCUT2D eigenvalue weighted by atomic mass is 35.5. The third-order valence-corrected chi connectivity index (χ3v) is 2.75. The molecule has 0 unspecified atom stereocenters. The standard InChI is InChI=1S/C13H9ClN2O4/c14-9-6-10(12(17)11(7-9)16(19)20)15-13(18)8-4-2-1-3-5-8/h1-7,17H,(H,15,18). The van der Waals surface area contributed by atoms with Crippen LogP contribution in [-0.4, -0.2) is 15.9 Å². The number of hydrogen-bond donors (Lipinski definition) is 2. The average molecular weight is 293 g/mol. The number of nitro groups is 1. The quantitative estimate of drug-likeness (QED) is 0.516. The number of nitrogens with one attached hydrogen (secondary N) is 1. The van der Waals surface area contributed by atoms with Crippen LogP contribution in [0.2, 0.25) is 5.02 Å². The van der Waals surface area contributed by atoms with E-state index >= 15 is 0 Å². The first-order chi connectivity index (χ1) is 9.49. The molecule has 0 aliphatic heterocycles. The lowest BCUT2D eigenvalue weighted by atomic mass is 10.2. The summed E-state index contributed by atoms with van der Waals surface area (Å²) in [5.41, 5.74) is -0.326. The van der Waals surface area contributed by atoms with E-state index in [0.29, 0.717) is 5.56 Å². The smallest absolute Gasteiger partial charge is 0.314 e. The summed E-state index contributed by atoms with van der Waals surface area (Å²) in [7, 11) is 0. The van der Waals surface area contributed by atoms with E-state index in [9.17, 15) is 20.0 Å². The molecule has 0 heterocycles. The van der Waals surface area contributed by atoms with E-state index in [1.807, 2.05) is 0 Å². The zero-order valence-electron chi connectivity index (χ0n) is 10.0. The minimum atomic E-state index is -0.778. The molecule has 7 heteroatoms. The van der Waals surface area contributed by atoms with Crippen LogP contribution in [-0.2, 0) is 0 Å². The van der Waals surface area contributed by atoms with Crippen molar-refractivity contribution in [2.45, 2.75) is 0 Å². The Morgan fingerprint density at radius 2 is 1.90 bits per heavy atom. The van der Waals surface area contributed by atoms with Crippen molar-refractivity contribution >= 4 is 28.9 Å². The molecule has 0 aromatic heterocycles. The van der Waals surface area contributed by atoms with Crippen molar-refractivity contribution in [3.63, 3.8) is 0 Å². The fourth-order valence-corrected chi connectivity index (χ4v) is 1.82. The van der Waals surface area contributed by atoms with Gasteiger partial charge in [-0.05, 0) is 18.2 Å². The van der Waals surface area contributed by atoms with E-state index in [1.165, 1.54) is 6.07 Å². The van der Waals surface area contributed by atoms with Gasteiger partial charge in [-0.25, -0.2) is 0 Å². The number of anilines is 1. The van der Waals surface area contributed by atoms with Crippen LogP contribution in [0.15, 0.2) is 42.5 Å². The molecule has 0 bridgehead atoms. The number of amides is 1. The summed E-state index contributed by atoms with van der Waals surface area (Å²) in [6.45, 7) is 0. The second-order valence-corrected chi connectivity index (χ2v) is 4.33.